The van der Waals surface area contributed by atoms with Crippen molar-refractivity contribution in [3.8, 4) is 0 Å². The van der Waals surface area contributed by atoms with Crippen LogP contribution in [-0.2, 0) is 81.5 Å². The van der Waals surface area contributed by atoms with E-state index < -0.39 is 222 Å². The lowest BCUT2D eigenvalue weighted by molar-refractivity contribution is -0.145. The van der Waals surface area contributed by atoms with Crippen molar-refractivity contribution in [2.45, 2.75) is 339 Å². The first-order valence-electron chi connectivity index (χ1n) is 46.1. The molecule has 0 radical (unpaired) electrons. The minimum Gasteiger partial charge on any atom is -0.481 e. The molecular formula is C85H152N26O21. The summed E-state index contributed by atoms with van der Waals surface area (Å²) in [5.74, 6) is -17.8. The molecule has 15 amide bonds. The fourth-order valence-corrected chi connectivity index (χ4v) is 15.6. The van der Waals surface area contributed by atoms with Crippen molar-refractivity contribution in [3.63, 3.8) is 0 Å². The van der Waals surface area contributed by atoms with Crippen LogP contribution in [0.2, 0.25) is 0 Å². The van der Waals surface area contributed by atoms with Gasteiger partial charge in [-0.1, -0.05) is 93.9 Å². The molecule has 18 atom stereocenters. The molecule has 748 valence electrons. The lowest BCUT2D eigenvalue weighted by Crippen LogP contribution is -2.62. The van der Waals surface area contributed by atoms with E-state index >= 15 is 4.79 Å². The highest BCUT2D eigenvalue weighted by Gasteiger charge is 2.45. The van der Waals surface area contributed by atoms with E-state index in [1.54, 1.807) is 48.5 Å². The first-order chi connectivity index (χ1) is 62.1. The fraction of sp³-hybridized carbons (Fsp3) is 0.765. The number of guanidine groups is 3. The van der Waals surface area contributed by atoms with Gasteiger partial charge in [-0.05, 0) is 172 Å². The topological polar surface area (TPSA) is 779 Å². The molecule has 33 N–H and O–H groups in total. The van der Waals surface area contributed by atoms with Gasteiger partial charge in [0, 0.05) is 39.1 Å². The van der Waals surface area contributed by atoms with E-state index in [0.717, 1.165) is 26.2 Å². The quantitative estimate of drug-likeness (QED) is 0.0153. The number of hydrogen-bond acceptors (Lipinski definition) is 24. The lowest BCUT2D eigenvalue weighted by atomic mass is 9.84. The molecule has 47 nitrogen and oxygen atoms in total. The van der Waals surface area contributed by atoms with Crippen LogP contribution in [0.1, 0.15) is 237 Å². The normalized spacial score (nSPS) is 18.1. The molecule has 2 aliphatic heterocycles. The fourth-order valence-electron chi connectivity index (χ4n) is 15.6. The van der Waals surface area contributed by atoms with Gasteiger partial charge in [0.1, 0.15) is 90.6 Å². The standard InChI is InChI=1S/C85H152N26O21/c1-12-47(8)65(81(130)111-38-22-30-63(111)78(127)102-56(82(131)132)25-16-17-33-86)108-75(124)60(42-51-23-14-13-15-24-51)106-71(120)53(26-18-34-94-83(88)89)99-72(121)58(40-45(4)5)104-70(119)54(27-19-35-95-84(90)91)100-76(125)61(43-112)107-79(128)66(50(11)113)109-74(123)59(41-46(6)7)105-73(122)57(39-44(2)3)103-68(117)49(10)98-77(126)62-29-21-37-110(62)80(129)55(28-20-36-96-85(92)93)101-67(116)48(9)97-69(118)52(87)31-32-64(114)115/h44-63,65-66,112-113H,12-43,86-87H2,1-11H3,(H,97,118)(H,98,126)(H,99,121)(H,100,125)(H,101,116)(H,102,127)(H,103,117)(H,104,119)(H,105,122)(H,106,120)(H,107,128)(H,108,124)(H,109,123)(H,114,115)(H,131,132)(H4,88,89,94)(H4,90,91,95)(H4,92,93,96)/t47?,48?,49-,50?,52-,53?,54?,55-,56?,57?,58-,59-,60-,61-,62?,63-,65?,66?/m0/s1. The van der Waals surface area contributed by atoms with Crippen LogP contribution in [0.4, 0.5) is 0 Å². The van der Waals surface area contributed by atoms with Crippen molar-refractivity contribution in [1.29, 1.82) is 0 Å². The lowest BCUT2D eigenvalue weighted by Gasteiger charge is -2.34. The number of nitrogens with two attached hydrogens (primary N) is 8. The van der Waals surface area contributed by atoms with Crippen LogP contribution in [-0.4, -0.2) is 297 Å². The van der Waals surface area contributed by atoms with Gasteiger partial charge in [0.05, 0.1) is 18.8 Å². The molecule has 0 spiro atoms. The maximum atomic E-state index is 15.0. The summed E-state index contributed by atoms with van der Waals surface area (Å²) in [6.07, 6.45) is 3.95. The first kappa shape index (κ1) is 115. The van der Waals surface area contributed by atoms with Gasteiger partial charge in [-0.2, -0.15) is 0 Å². The second kappa shape index (κ2) is 59.2. The summed E-state index contributed by atoms with van der Waals surface area (Å²) in [5, 5.41) is 74.8. The van der Waals surface area contributed by atoms with Gasteiger partial charge in [-0.15, -0.1) is 0 Å². The molecule has 1 saturated carbocycles. The van der Waals surface area contributed by atoms with Gasteiger partial charge >= 0.3 is 11.9 Å². The Morgan fingerprint density at radius 1 is 0.386 bits per heavy atom. The van der Waals surface area contributed by atoms with Crippen LogP contribution in [0.3, 0.4) is 0 Å². The third-order valence-corrected chi connectivity index (χ3v) is 23.1. The first-order valence-corrected chi connectivity index (χ1v) is 46.1. The molecule has 3 aliphatic rings. The zero-order valence-electron chi connectivity index (χ0n) is 78.4. The van der Waals surface area contributed by atoms with E-state index in [1.807, 2.05) is 6.92 Å². The van der Waals surface area contributed by atoms with Crippen LogP contribution in [0.25, 0.3) is 0 Å². The van der Waals surface area contributed by atoms with Gasteiger partial charge < -0.3 is 145 Å². The van der Waals surface area contributed by atoms with Crippen LogP contribution < -0.4 is 115 Å². The maximum absolute atomic E-state index is 15.0. The zero-order chi connectivity index (χ0) is 99.3. The van der Waals surface area contributed by atoms with Gasteiger partial charge in [0.2, 0.25) is 88.6 Å². The molecule has 0 aromatic heterocycles. The number of nitrogens with zero attached hydrogens (tertiary/aromatic N) is 5. The van der Waals surface area contributed by atoms with E-state index in [1.165, 1.54) is 23.6 Å². The summed E-state index contributed by atoms with van der Waals surface area (Å²) in [4.78, 5) is 253. The Balaban J connectivity index is 1.91. The molecule has 3 rings (SSSR count). The van der Waals surface area contributed by atoms with E-state index in [2.05, 4.69) is 84.1 Å². The average Bonchev–Trinajstić information content (AvgIpc) is 1.65. The monoisotopic (exact) mass is 1870 g/mol. The Morgan fingerprint density at radius 2 is 0.765 bits per heavy atom. The smallest absolute Gasteiger partial charge is 0.326 e. The molecule has 0 aromatic carbocycles. The van der Waals surface area contributed by atoms with Crippen molar-refractivity contribution in [2.24, 2.45) is 90.4 Å². The number of unbranched alkanes of at least 4 members (excludes halogenated alkanes) is 1. The third-order valence-electron chi connectivity index (χ3n) is 23.1. The molecule has 3 fully saturated rings. The summed E-state index contributed by atoms with van der Waals surface area (Å²) in [6, 6.07) is -22.4. The van der Waals surface area contributed by atoms with E-state index in [-0.39, 0.29) is 164 Å². The van der Waals surface area contributed by atoms with Crippen LogP contribution in [0.15, 0.2) is 15.0 Å². The molecule has 10 unspecified atom stereocenters. The third kappa shape index (κ3) is 41.2. The second-order valence-corrected chi connectivity index (χ2v) is 35.8. The molecule has 1 aliphatic carbocycles. The molecule has 0 bridgehead atoms. The number of carboxylic acid groups (broad SMARTS) is 2. The number of carboxylic acids is 2. The highest BCUT2D eigenvalue weighted by molar-refractivity contribution is 6.01. The van der Waals surface area contributed by atoms with E-state index in [4.69, 9.17) is 51.0 Å². The Bertz CT molecular complexity index is 3910. The summed E-state index contributed by atoms with van der Waals surface area (Å²) >= 11 is 0. The number of carbonyl (C=O) groups is 17. The van der Waals surface area contributed by atoms with Crippen LogP contribution in [0, 0.1) is 29.6 Å². The predicted octanol–water partition coefficient (Wildman–Crippen LogP) is -5.59. The Kier molecular flexibility index (Phi) is 51.5. The molecular weight excluding hydrogens is 1720 g/mol. The van der Waals surface area contributed by atoms with Gasteiger partial charge in [0.15, 0.2) is 17.9 Å². The summed E-state index contributed by atoms with van der Waals surface area (Å²) in [6.45, 7) is 17.0. The summed E-state index contributed by atoms with van der Waals surface area (Å²) in [7, 11) is 0. The number of rotatable bonds is 60. The summed E-state index contributed by atoms with van der Waals surface area (Å²) in [5.41, 5.74) is 45.0. The van der Waals surface area contributed by atoms with Crippen molar-refractivity contribution < 1.29 is 102 Å². The highest BCUT2D eigenvalue weighted by atomic mass is 16.4. The molecule has 2 heterocycles. The largest absolute Gasteiger partial charge is 0.481 e. The number of aliphatic carboxylic acids is 2. The maximum Gasteiger partial charge on any atom is 0.326 e. The number of nitrogens with one attached hydrogen (secondary N) is 13. The highest BCUT2D eigenvalue weighted by Crippen LogP contribution is 2.29. The number of likely N-dealkylation sites (tertiary alicyclic amines) is 2. The number of amides is 15. The number of aliphatic hydroxyl groups is 2. The zero-order valence-corrected chi connectivity index (χ0v) is 78.4. The second-order valence-electron chi connectivity index (χ2n) is 35.8. The van der Waals surface area contributed by atoms with Crippen LogP contribution in [0.5, 0.6) is 0 Å². The predicted molar refractivity (Wildman–Crippen MR) is 489 cm³/mol. The van der Waals surface area contributed by atoms with Crippen molar-refractivity contribution in [3.05, 3.63) is 0 Å². The number of aliphatic imine (C=N–C) groups is 3. The van der Waals surface area contributed by atoms with Crippen molar-refractivity contribution >= 4 is 118 Å². The van der Waals surface area contributed by atoms with Crippen LogP contribution >= 0.6 is 0 Å². The molecule has 47 heteroatoms. The average molecular weight is 1870 g/mol. The number of aliphatic hydroxyl groups excluding tert-OH is 2. The van der Waals surface area contributed by atoms with E-state index in [0.29, 0.717) is 51.5 Å². The van der Waals surface area contributed by atoms with Crippen molar-refractivity contribution in [1.82, 2.24) is 78.9 Å². The van der Waals surface area contributed by atoms with Crippen molar-refractivity contribution in [2.75, 3.05) is 45.9 Å². The van der Waals surface area contributed by atoms with Gasteiger partial charge in [-0.25, -0.2) is 4.79 Å². The number of hydrogen-bond donors (Lipinski definition) is 25. The minimum atomic E-state index is -1.93. The SMILES string of the molecule is CCC(C)C(NC(=O)[C@H](CC1CCCCC1)NC(=O)C(CCCN=C(N)N)NC(=O)[C@H](CC(C)C)NC(=O)C(CCCN=C(N)N)NC(=O)[C@H](CO)NC(=O)C(NC(=O)[C@H](CC(C)C)NC(=O)C(CC(C)C)NC(=O)[C@H](C)NC(=O)C1CCCN1C(=O)[C@H](CCCN=C(N)N)NC(=O)C(C)NC(=O)[C@@H](N)CCC(=O)O)C(C)O)C(=O)N1CCC[C@H]1C(=O)NC(CCCCN)C(=O)O. The summed E-state index contributed by atoms with van der Waals surface area (Å²) < 4.78 is 0. The Hall–Kier alpha value is -11.4. The minimum absolute atomic E-state index is 0.00415. The Morgan fingerprint density at radius 3 is 1.20 bits per heavy atom. The molecule has 0 aromatic rings. The number of carbonyl (C=O) groups excluding carboxylic acids is 15. The van der Waals surface area contributed by atoms with Gasteiger partial charge in [0.25, 0.3) is 0 Å². The molecule has 2 saturated heterocycles. The Labute approximate surface area is 771 Å². The molecule has 132 heavy (non-hydrogen) atoms. The van der Waals surface area contributed by atoms with E-state index in [9.17, 15) is 92.0 Å². The van der Waals surface area contributed by atoms with Gasteiger partial charge in [-0.3, -0.25) is 91.7 Å².